The van der Waals surface area contributed by atoms with Crippen molar-refractivity contribution in [1.82, 2.24) is 9.88 Å². The highest BCUT2D eigenvalue weighted by atomic mass is 35.5. The molecule has 0 atom stereocenters. The molecule has 0 saturated carbocycles. The largest absolute Gasteiger partial charge is 0.336 e. The minimum Gasteiger partial charge on any atom is -0.336 e. The van der Waals surface area contributed by atoms with Crippen LogP contribution in [0.4, 0.5) is 5.82 Å². The number of halogens is 2. The Labute approximate surface area is 196 Å². The van der Waals surface area contributed by atoms with E-state index in [0.717, 1.165) is 23.1 Å². The van der Waals surface area contributed by atoms with E-state index in [1.54, 1.807) is 12.3 Å². The normalized spacial score (nSPS) is 15.4. The minimum absolute atomic E-state index is 0.00331. The van der Waals surface area contributed by atoms with Crippen LogP contribution in [0.3, 0.4) is 0 Å². The van der Waals surface area contributed by atoms with Crippen LogP contribution in [-0.4, -0.2) is 34.8 Å². The fraction of sp³-hybridized carbons (Fsp3) is 0.240. The van der Waals surface area contributed by atoms with Crippen LogP contribution in [0.15, 0.2) is 54.7 Å². The van der Waals surface area contributed by atoms with Crippen molar-refractivity contribution < 1.29 is 9.59 Å². The summed E-state index contributed by atoms with van der Waals surface area (Å²) in [4.78, 5) is 33.7. The summed E-state index contributed by atoms with van der Waals surface area (Å²) in [5, 5.41) is 1.10. The van der Waals surface area contributed by atoms with Gasteiger partial charge in [-0.15, -0.1) is 0 Å². The van der Waals surface area contributed by atoms with Gasteiger partial charge >= 0.3 is 0 Å². The Balaban J connectivity index is 1.38. The fourth-order valence-corrected chi connectivity index (χ4v) is 4.94. The van der Waals surface area contributed by atoms with Crippen molar-refractivity contribution >= 4 is 40.8 Å². The third-order valence-corrected chi connectivity index (χ3v) is 6.52. The first-order valence-electron chi connectivity index (χ1n) is 10.6. The number of benzene rings is 2. The lowest BCUT2D eigenvalue weighted by Crippen LogP contribution is -2.46. The molecule has 0 bridgehead atoms. The van der Waals surface area contributed by atoms with Crippen molar-refractivity contribution in [2.24, 2.45) is 0 Å². The first kappa shape index (κ1) is 21.0. The molecule has 0 N–H and O–H groups in total. The first-order chi connectivity index (χ1) is 15.5. The maximum atomic E-state index is 13.1. The molecule has 0 radical (unpaired) electrons. The van der Waals surface area contributed by atoms with Crippen molar-refractivity contribution in [2.45, 2.75) is 25.8 Å². The number of aryl methyl sites for hydroxylation is 1. The molecule has 0 spiro atoms. The topological polar surface area (TPSA) is 53.5 Å². The summed E-state index contributed by atoms with van der Waals surface area (Å²) in [7, 11) is 0. The molecular weight excluding hydrogens is 445 g/mol. The second kappa shape index (κ2) is 8.57. The van der Waals surface area contributed by atoms with E-state index in [-0.39, 0.29) is 18.4 Å². The second-order valence-electron chi connectivity index (χ2n) is 8.18. The van der Waals surface area contributed by atoms with Crippen molar-refractivity contribution in [3.05, 3.63) is 81.5 Å². The molecule has 5 rings (SSSR count). The average molecular weight is 466 g/mol. The zero-order chi connectivity index (χ0) is 22.2. The summed E-state index contributed by atoms with van der Waals surface area (Å²) >= 11 is 12.3. The highest BCUT2D eigenvalue weighted by Gasteiger charge is 2.30. The summed E-state index contributed by atoms with van der Waals surface area (Å²) < 4.78 is 0. The van der Waals surface area contributed by atoms with Crippen LogP contribution >= 0.6 is 23.2 Å². The van der Waals surface area contributed by atoms with Gasteiger partial charge < -0.3 is 4.90 Å². The van der Waals surface area contributed by atoms with Gasteiger partial charge in [0.25, 0.3) is 0 Å². The van der Waals surface area contributed by atoms with E-state index < -0.39 is 0 Å². The van der Waals surface area contributed by atoms with Crippen LogP contribution in [0.25, 0.3) is 11.1 Å². The summed E-state index contributed by atoms with van der Waals surface area (Å²) in [6.07, 6.45) is 3.47. The van der Waals surface area contributed by atoms with Gasteiger partial charge in [-0.2, -0.15) is 0 Å². The Morgan fingerprint density at radius 3 is 2.44 bits per heavy atom. The highest BCUT2D eigenvalue weighted by Crippen LogP contribution is 2.32. The van der Waals surface area contributed by atoms with Gasteiger partial charge in [0.2, 0.25) is 11.8 Å². The molecule has 162 valence electrons. The maximum absolute atomic E-state index is 13.1. The summed E-state index contributed by atoms with van der Waals surface area (Å²) in [5.41, 5.74) is 5.13. The van der Waals surface area contributed by atoms with Crippen molar-refractivity contribution in [3.8, 4) is 11.1 Å². The Hall–Kier alpha value is -2.89. The number of hydrogen-bond acceptors (Lipinski definition) is 3. The second-order valence-corrected chi connectivity index (χ2v) is 9.05. The minimum atomic E-state index is -0.0747. The fourth-order valence-electron chi connectivity index (χ4n) is 4.41. The Kier molecular flexibility index (Phi) is 5.62. The van der Waals surface area contributed by atoms with E-state index in [0.29, 0.717) is 41.8 Å². The number of anilines is 1. The van der Waals surface area contributed by atoms with E-state index in [1.807, 2.05) is 35.2 Å². The van der Waals surface area contributed by atoms with Crippen LogP contribution in [0.5, 0.6) is 0 Å². The highest BCUT2D eigenvalue weighted by molar-refractivity contribution is 6.35. The number of carbonyl (C=O) groups is 2. The molecule has 3 heterocycles. The van der Waals surface area contributed by atoms with E-state index in [2.05, 4.69) is 17.1 Å². The summed E-state index contributed by atoms with van der Waals surface area (Å²) in [5.74, 6) is 0.423. The van der Waals surface area contributed by atoms with Gasteiger partial charge in [0, 0.05) is 41.3 Å². The predicted molar refractivity (Wildman–Crippen MR) is 126 cm³/mol. The quantitative estimate of drug-likeness (QED) is 0.551. The molecule has 1 aromatic heterocycles. The Morgan fingerprint density at radius 1 is 0.906 bits per heavy atom. The van der Waals surface area contributed by atoms with Crippen LogP contribution in [-0.2, 0) is 29.0 Å². The molecule has 2 aromatic carbocycles. The number of fused-ring (bicyclic) bond motifs is 2. The molecule has 2 aliphatic heterocycles. The lowest BCUT2D eigenvalue weighted by molar-refractivity contribution is -0.132. The zero-order valence-electron chi connectivity index (χ0n) is 17.4. The Bertz CT molecular complexity index is 1210. The third kappa shape index (κ3) is 4.10. The SMILES string of the molecule is O=C(CN1C(=O)CCc2cc(-c3cc(Cl)cc(Cl)c3)cnc21)N1CCc2ccccc2C1. The zero-order valence-corrected chi connectivity index (χ0v) is 18.9. The smallest absolute Gasteiger partial charge is 0.243 e. The van der Waals surface area contributed by atoms with Crippen molar-refractivity contribution in [3.63, 3.8) is 0 Å². The Morgan fingerprint density at radius 2 is 1.66 bits per heavy atom. The van der Waals surface area contributed by atoms with Crippen LogP contribution in [0, 0.1) is 0 Å². The number of rotatable bonds is 3. The van der Waals surface area contributed by atoms with Crippen LogP contribution in [0.2, 0.25) is 10.0 Å². The van der Waals surface area contributed by atoms with Crippen molar-refractivity contribution in [2.75, 3.05) is 18.0 Å². The maximum Gasteiger partial charge on any atom is 0.243 e. The van der Waals surface area contributed by atoms with Crippen LogP contribution in [0.1, 0.15) is 23.1 Å². The van der Waals surface area contributed by atoms with E-state index in [4.69, 9.17) is 23.2 Å². The predicted octanol–water partition coefficient (Wildman–Crippen LogP) is 4.92. The molecule has 7 heteroatoms. The lowest BCUT2D eigenvalue weighted by Gasteiger charge is -2.33. The van der Waals surface area contributed by atoms with Gasteiger partial charge in [0.05, 0.1) is 0 Å². The third-order valence-electron chi connectivity index (χ3n) is 6.08. The number of amides is 2. The van der Waals surface area contributed by atoms with E-state index in [9.17, 15) is 9.59 Å². The van der Waals surface area contributed by atoms with Gasteiger partial charge in [0.15, 0.2) is 0 Å². The number of hydrogen-bond donors (Lipinski definition) is 0. The molecule has 2 amide bonds. The lowest BCUT2D eigenvalue weighted by atomic mass is 9.99. The number of aromatic nitrogens is 1. The number of nitrogens with zero attached hydrogens (tertiary/aromatic N) is 3. The monoisotopic (exact) mass is 465 g/mol. The summed E-state index contributed by atoms with van der Waals surface area (Å²) in [6.45, 7) is 1.24. The van der Waals surface area contributed by atoms with Gasteiger partial charge in [-0.05, 0) is 59.4 Å². The molecule has 0 unspecified atom stereocenters. The van der Waals surface area contributed by atoms with Crippen LogP contribution < -0.4 is 4.90 Å². The number of carbonyl (C=O) groups excluding carboxylic acids is 2. The standard InChI is InChI=1S/C25H21Cl2N3O2/c26-21-10-19(11-22(27)12-21)20-9-17-5-6-23(31)30(25(17)28-13-20)15-24(32)29-8-7-16-3-1-2-4-18(16)14-29/h1-4,9-13H,5-8,14-15H2. The average Bonchev–Trinajstić information content (AvgIpc) is 2.79. The molecule has 5 nitrogen and oxygen atoms in total. The molecular formula is C25H21Cl2N3O2. The molecule has 0 saturated heterocycles. The van der Waals surface area contributed by atoms with Gasteiger partial charge in [0.1, 0.15) is 12.4 Å². The van der Waals surface area contributed by atoms with Crippen molar-refractivity contribution in [1.29, 1.82) is 0 Å². The van der Waals surface area contributed by atoms with Gasteiger partial charge in [-0.25, -0.2) is 4.98 Å². The molecule has 32 heavy (non-hydrogen) atoms. The van der Waals surface area contributed by atoms with E-state index in [1.165, 1.54) is 16.0 Å². The molecule has 3 aromatic rings. The number of pyridine rings is 1. The molecule has 2 aliphatic rings. The first-order valence-corrected chi connectivity index (χ1v) is 11.3. The summed E-state index contributed by atoms with van der Waals surface area (Å²) in [6, 6.07) is 15.5. The van der Waals surface area contributed by atoms with E-state index >= 15 is 0 Å². The molecule has 0 aliphatic carbocycles. The molecule has 0 fully saturated rings. The van der Waals surface area contributed by atoms with Gasteiger partial charge in [-0.1, -0.05) is 47.5 Å². The van der Waals surface area contributed by atoms with Gasteiger partial charge in [-0.3, -0.25) is 14.5 Å².